The molecule has 0 bridgehead atoms. The van der Waals surface area contributed by atoms with E-state index in [1.807, 2.05) is 19.1 Å². The Kier molecular flexibility index (Phi) is 6.47. The van der Waals surface area contributed by atoms with E-state index in [1.54, 1.807) is 6.20 Å². The molecule has 0 saturated carbocycles. The zero-order valence-electron chi connectivity index (χ0n) is 18.8. The monoisotopic (exact) mass is 417 g/mol. The molecule has 2 N–H and O–H groups in total. The number of fused-ring (bicyclic) bond motifs is 1. The molecular formula is C25H31N5O. The van der Waals surface area contributed by atoms with Crippen molar-refractivity contribution in [3.63, 3.8) is 0 Å². The van der Waals surface area contributed by atoms with Gasteiger partial charge in [0, 0.05) is 19.2 Å². The van der Waals surface area contributed by atoms with Crippen LogP contribution in [0.2, 0.25) is 0 Å². The molecule has 2 atom stereocenters. The number of nitrogens with one attached hydrogen (secondary N) is 2. The predicted molar refractivity (Wildman–Crippen MR) is 125 cm³/mol. The second kappa shape index (κ2) is 9.43. The standard InChI is InChI=1S/C25H31N5O/c1-5-19-24(29-22-14-16(4)12-13-26-22)27-20(6-2)25(28-19)30-23-18-11-9-8-10-17(18)15-21(23)31-7-3/h8-14,21,23H,5-7,15H2,1-4H3,(H,28,30)(H,26,27,29)/t21-,23+/m0/s1. The first-order valence-corrected chi connectivity index (χ1v) is 11.2. The number of aromatic nitrogens is 3. The smallest absolute Gasteiger partial charge is 0.153 e. The molecule has 3 aromatic rings. The molecule has 0 saturated heterocycles. The van der Waals surface area contributed by atoms with Gasteiger partial charge in [-0.05, 0) is 55.5 Å². The van der Waals surface area contributed by atoms with Gasteiger partial charge in [-0.2, -0.15) is 0 Å². The molecule has 1 aromatic carbocycles. The van der Waals surface area contributed by atoms with Crippen LogP contribution < -0.4 is 10.6 Å². The second-order valence-electron chi connectivity index (χ2n) is 7.88. The summed E-state index contributed by atoms with van der Waals surface area (Å²) in [6.07, 6.45) is 4.36. The van der Waals surface area contributed by atoms with E-state index in [4.69, 9.17) is 14.7 Å². The zero-order valence-corrected chi connectivity index (χ0v) is 18.8. The summed E-state index contributed by atoms with van der Waals surface area (Å²) in [6, 6.07) is 12.6. The fourth-order valence-electron chi connectivity index (χ4n) is 4.18. The highest BCUT2D eigenvalue weighted by Crippen LogP contribution is 2.36. The van der Waals surface area contributed by atoms with Gasteiger partial charge in [0.2, 0.25) is 0 Å². The quantitative estimate of drug-likeness (QED) is 0.527. The van der Waals surface area contributed by atoms with Crippen molar-refractivity contribution >= 4 is 17.5 Å². The van der Waals surface area contributed by atoms with Crippen molar-refractivity contribution in [2.24, 2.45) is 0 Å². The minimum Gasteiger partial charge on any atom is -0.376 e. The van der Waals surface area contributed by atoms with Crippen LogP contribution in [0.1, 0.15) is 54.9 Å². The number of hydrogen-bond acceptors (Lipinski definition) is 6. The average Bonchev–Trinajstić information content (AvgIpc) is 3.12. The summed E-state index contributed by atoms with van der Waals surface area (Å²) in [4.78, 5) is 14.3. The summed E-state index contributed by atoms with van der Waals surface area (Å²) in [6.45, 7) is 9.00. The molecule has 0 radical (unpaired) electrons. The van der Waals surface area contributed by atoms with E-state index in [9.17, 15) is 0 Å². The van der Waals surface area contributed by atoms with Gasteiger partial charge in [0.05, 0.1) is 23.5 Å². The van der Waals surface area contributed by atoms with Crippen LogP contribution in [0.4, 0.5) is 17.5 Å². The summed E-state index contributed by atoms with van der Waals surface area (Å²) in [7, 11) is 0. The van der Waals surface area contributed by atoms with E-state index in [0.29, 0.717) is 6.61 Å². The molecule has 1 aliphatic carbocycles. The van der Waals surface area contributed by atoms with Crippen molar-refractivity contribution in [1.82, 2.24) is 15.0 Å². The van der Waals surface area contributed by atoms with Crippen LogP contribution in [0.3, 0.4) is 0 Å². The molecule has 162 valence electrons. The fraction of sp³-hybridized carbons (Fsp3) is 0.400. The lowest BCUT2D eigenvalue weighted by atomic mass is 10.1. The molecule has 31 heavy (non-hydrogen) atoms. The zero-order chi connectivity index (χ0) is 21.8. The first-order valence-electron chi connectivity index (χ1n) is 11.2. The van der Waals surface area contributed by atoms with Crippen LogP contribution in [-0.2, 0) is 24.0 Å². The van der Waals surface area contributed by atoms with Crippen LogP contribution in [0, 0.1) is 6.92 Å². The summed E-state index contributed by atoms with van der Waals surface area (Å²) in [5.74, 6) is 2.40. The van der Waals surface area contributed by atoms with Gasteiger partial charge in [-0.15, -0.1) is 0 Å². The summed E-state index contributed by atoms with van der Waals surface area (Å²) in [5, 5.41) is 7.05. The Bertz CT molecular complexity index is 1050. The maximum Gasteiger partial charge on any atom is 0.153 e. The lowest BCUT2D eigenvalue weighted by Crippen LogP contribution is -2.26. The van der Waals surface area contributed by atoms with E-state index >= 15 is 0 Å². The fourth-order valence-corrected chi connectivity index (χ4v) is 4.18. The number of rotatable bonds is 8. The first kappa shape index (κ1) is 21.2. The third-order valence-corrected chi connectivity index (χ3v) is 5.73. The SMILES string of the molecule is CCO[C@H]1Cc2ccccc2[C@H]1Nc1nc(CC)c(Nc2cc(C)ccn2)nc1CC. The van der Waals surface area contributed by atoms with E-state index in [-0.39, 0.29) is 12.1 Å². The maximum absolute atomic E-state index is 6.08. The van der Waals surface area contributed by atoms with E-state index in [1.165, 1.54) is 11.1 Å². The van der Waals surface area contributed by atoms with Gasteiger partial charge < -0.3 is 15.4 Å². The van der Waals surface area contributed by atoms with Crippen LogP contribution >= 0.6 is 0 Å². The second-order valence-corrected chi connectivity index (χ2v) is 7.88. The number of aryl methyl sites for hydroxylation is 3. The largest absolute Gasteiger partial charge is 0.376 e. The number of pyridine rings is 1. The summed E-state index contributed by atoms with van der Waals surface area (Å²) >= 11 is 0. The van der Waals surface area contributed by atoms with Gasteiger partial charge in [0.15, 0.2) is 5.82 Å². The molecule has 1 aliphatic rings. The van der Waals surface area contributed by atoms with Crippen molar-refractivity contribution < 1.29 is 4.74 Å². The van der Waals surface area contributed by atoms with Crippen molar-refractivity contribution in [2.75, 3.05) is 17.2 Å². The lowest BCUT2D eigenvalue weighted by molar-refractivity contribution is 0.0573. The lowest BCUT2D eigenvalue weighted by Gasteiger charge is -2.24. The molecule has 6 heteroatoms. The van der Waals surface area contributed by atoms with Crippen molar-refractivity contribution in [3.05, 3.63) is 70.7 Å². The van der Waals surface area contributed by atoms with Gasteiger partial charge in [0.1, 0.15) is 11.6 Å². The van der Waals surface area contributed by atoms with Crippen molar-refractivity contribution in [2.45, 2.75) is 59.1 Å². The Morgan fingerprint density at radius 1 is 1.00 bits per heavy atom. The molecule has 0 unspecified atom stereocenters. The van der Waals surface area contributed by atoms with Crippen LogP contribution in [-0.4, -0.2) is 27.7 Å². The molecule has 0 fully saturated rings. The molecule has 0 spiro atoms. The third-order valence-electron chi connectivity index (χ3n) is 5.73. The maximum atomic E-state index is 6.08. The van der Waals surface area contributed by atoms with Crippen LogP contribution in [0.5, 0.6) is 0 Å². The molecule has 0 amide bonds. The molecule has 2 aromatic heterocycles. The Labute approximate surface area is 184 Å². The number of hydrogen-bond donors (Lipinski definition) is 2. The highest BCUT2D eigenvalue weighted by atomic mass is 16.5. The highest BCUT2D eigenvalue weighted by Gasteiger charge is 2.33. The van der Waals surface area contributed by atoms with Crippen molar-refractivity contribution in [3.8, 4) is 0 Å². The predicted octanol–water partition coefficient (Wildman–Crippen LogP) is 5.16. The van der Waals surface area contributed by atoms with E-state index in [0.717, 1.165) is 53.7 Å². The third kappa shape index (κ3) is 4.54. The Balaban J connectivity index is 1.66. The minimum atomic E-state index is 0.0673. The van der Waals surface area contributed by atoms with Gasteiger partial charge in [0.25, 0.3) is 0 Å². The van der Waals surface area contributed by atoms with Gasteiger partial charge in [-0.25, -0.2) is 15.0 Å². The molecule has 6 nitrogen and oxygen atoms in total. The summed E-state index contributed by atoms with van der Waals surface area (Å²) < 4.78 is 6.08. The van der Waals surface area contributed by atoms with Gasteiger partial charge in [-0.3, -0.25) is 0 Å². The van der Waals surface area contributed by atoms with Gasteiger partial charge in [-0.1, -0.05) is 38.1 Å². The number of ether oxygens (including phenoxy) is 1. The van der Waals surface area contributed by atoms with E-state index in [2.05, 4.69) is 60.7 Å². The minimum absolute atomic E-state index is 0.0673. The van der Waals surface area contributed by atoms with Crippen LogP contribution in [0.15, 0.2) is 42.6 Å². The molecular weight excluding hydrogens is 386 g/mol. The molecule has 0 aliphatic heterocycles. The Morgan fingerprint density at radius 2 is 1.74 bits per heavy atom. The average molecular weight is 418 g/mol. The van der Waals surface area contributed by atoms with Crippen LogP contribution in [0.25, 0.3) is 0 Å². The Morgan fingerprint density at radius 3 is 2.48 bits per heavy atom. The topological polar surface area (TPSA) is 72.0 Å². The number of nitrogens with zero attached hydrogens (tertiary/aromatic N) is 3. The highest BCUT2D eigenvalue weighted by molar-refractivity contribution is 5.59. The van der Waals surface area contributed by atoms with Gasteiger partial charge >= 0.3 is 0 Å². The molecule has 2 heterocycles. The van der Waals surface area contributed by atoms with E-state index < -0.39 is 0 Å². The normalized spacial score (nSPS) is 17.4. The Hall–Kier alpha value is -2.99. The molecule has 4 rings (SSSR count). The van der Waals surface area contributed by atoms with Crippen molar-refractivity contribution in [1.29, 1.82) is 0 Å². The first-order chi connectivity index (χ1) is 15.1. The number of anilines is 3. The number of benzene rings is 1. The summed E-state index contributed by atoms with van der Waals surface area (Å²) in [5.41, 5.74) is 5.63.